The molecule has 0 aromatic rings. The van der Waals surface area contributed by atoms with Crippen molar-refractivity contribution >= 4 is 11.8 Å². The highest BCUT2D eigenvalue weighted by Crippen LogP contribution is 2.24. The lowest BCUT2D eigenvalue weighted by Crippen LogP contribution is -2.56. The summed E-state index contributed by atoms with van der Waals surface area (Å²) in [6, 6.07) is -0.573. The molecule has 144 valence electrons. The van der Waals surface area contributed by atoms with Crippen molar-refractivity contribution in [2.24, 2.45) is 11.8 Å². The van der Waals surface area contributed by atoms with Gasteiger partial charge >= 0.3 is 0 Å². The fourth-order valence-corrected chi connectivity index (χ4v) is 3.75. The number of likely N-dealkylation sites (tertiary alicyclic amines) is 1. The van der Waals surface area contributed by atoms with Gasteiger partial charge in [-0.3, -0.25) is 9.59 Å². The standard InChI is InChI=1S/C20H36N2O3/c1-15(2)19(23)21-18(20(24)22-12-8-5-9-13-22)16(3)25-14-17-10-6-4-7-11-17/h15-18H,4-14H2,1-3H3,(H,21,23). The van der Waals surface area contributed by atoms with Gasteiger partial charge in [-0.1, -0.05) is 33.1 Å². The van der Waals surface area contributed by atoms with Crippen molar-refractivity contribution in [2.45, 2.75) is 84.3 Å². The van der Waals surface area contributed by atoms with Gasteiger partial charge in [0.2, 0.25) is 11.8 Å². The van der Waals surface area contributed by atoms with Crippen LogP contribution in [0, 0.1) is 11.8 Å². The minimum absolute atomic E-state index is 0.0184. The quantitative estimate of drug-likeness (QED) is 0.766. The molecule has 0 radical (unpaired) electrons. The minimum Gasteiger partial charge on any atom is -0.376 e. The van der Waals surface area contributed by atoms with E-state index in [4.69, 9.17) is 4.74 Å². The molecular weight excluding hydrogens is 316 g/mol. The third-order valence-electron chi connectivity index (χ3n) is 5.54. The Balaban J connectivity index is 1.95. The van der Waals surface area contributed by atoms with E-state index in [1.807, 2.05) is 25.7 Å². The van der Waals surface area contributed by atoms with Crippen LogP contribution in [0.2, 0.25) is 0 Å². The van der Waals surface area contributed by atoms with Gasteiger partial charge in [-0.25, -0.2) is 0 Å². The van der Waals surface area contributed by atoms with Crippen molar-refractivity contribution in [1.29, 1.82) is 0 Å². The Morgan fingerprint density at radius 1 is 1.00 bits per heavy atom. The van der Waals surface area contributed by atoms with Crippen LogP contribution >= 0.6 is 0 Å². The lowest BCUT2D eigenvalue weighted by molar-refractivity contribution is -0.142. The maximum absolute atomic E-state index is 13.0. The van der Waals surface area contributed by atoms with E-state index in [1.165, 1.54) is 38.5 Å². The first kappa shape index (κ1) is 20.2. The highest BCUT2D eigenvalue weighted by Gasteiger charge is 2.33. The molecule has 0 bridgehead atoms. The van der Waals surface area contributed by atoms with Gasteiger partial charge in [0, 0.05) is 25.6 Å². The Morgan fingerprint density at radius 3 is 2.20 bits per heavy atom. The maximum atomic E-state index is 13.0. The summed E-state index contributed by atoms with van der Waals surface area (Å²) in [7, 11) is 0. The normalized spacial score (nSPS) is 21.8. The lowest BCUT2D eigenvalue weighted by Gasteiger charge is -2.34. The summed E-state index contributed by atoms with van der Waals surface area (Å²) in [5, 5.41) is 2.95. The molecule has 2 fully saturated rings. The van der Waals surface area contributed by atoms with Crippen LogP contribution in [0.3, 0.4) is 0 Å². The second-order valence-corrected chi connectivity index (χ2v) is 8.07. The average molecular weight is 353 g/mol. The van der Waals surface area contributed by atoms with E-state index in [0.717, 1.165) is 25.9 Å². The third kappa shape index (κ3) is 6.28. The number of amides is 2. The first-order chi connectivity index (χ1) is 12.0. The Labute approximate surface area is 152 Å². The van der Waals surface area contributed by atoms with Gasteiger partial charge in [-0.2, -0.15) is 0 Å². The number of ether oxygens (including phenoxy) is 1. The molecule has 1 saturated heterocycles. The number of nitrogens with zero attached hydrogens (tertiary/aromatic N) is 1. The van der Waals surface area contributed by atoms with E-state index in [9.17, 15) is 9.59 Å². The van der Waals surface area contributed by atoms with Crippen molar-refractivity contribution in [1.82, 2.24) is 10.2 Å². The number of carbonyl (C=O) groups excluding carboxylic acids is 2. The molecule has 5 nitrogen and oxygen atoms in total. The predicted octanol–water partition coefficient (Wildman–Crippen LogP) is 3.13. The van der Waals surface area contributed by atoms with Crippen molar-refractivity contribution in [3.8, 4) is 0 Å². The first-order valence-corrected chi connectivity index (χ1v) is 10.2. The van der Waals surface area contributed by atoms with Crippen LogP contribution in [0.15, 0.2) is 0 Å². The summed E-state index contributed by atoms with van der Waals surface area (Å²) in [5.41, 5.74) is 0. The monoisotopic (exact) mass is 352 g/mol. The first-order valence-electron chi connectivity index (χ1n) is 10.2. The maximum Gasteiger partial charge on any atom is 0.247 e. The van der Waals surface area contributed by atoms with Gasteiger partial charge < -0.3 is 15.0 Å². The van der Waals surface area contributed by atoms with E-state index in [0.29, 0.717) is 12.5 Å². The van der Waals surface area contributed by atoms with Crippen LogP contribution in [0.5, 0.6) is 0 Å². The molecule has 2 amide bonds. The average Bonchev–Trinajstić information content (AvgIpc) is 2.64. The highest BCUT2D eigenvalue weighted by molar-refractivity contribution is 5.88. The summed E-state index contributed by atoms with van der Waals surface area (Å²) in [6.45, 7) is 7.92. The van der Waals surface area contributed by atoms with Crippen molar-refractivity contribution < 1.29 is 14.3 Å². The summed E-state index contributed by atoms with van der Waals surface area (Å²) in [6.07, 6.45) is 9.31. The molecule has 0 aromatic heterocycles. The molecule has 1 aliphatic heterocycles. The van der Waals surface area contributed by atoms with Gasteiger partial charge in [0.05, 0.1) is 6.10 Å². The Kier molecular flexibility index (Phi) is 8.20. The molecule has 25 heavy (non-hydrogen) atoms. The molecule has 0 spiro atoms. The molecule has 1 N–H and O–H groups in total. The lowest BCUT2D eigenvalue weighted by atomic mass is 9.90. The molecule has 2 unspecified atom stereocenters. The topological polar surface area (TPSA) is 58.6 Å². The number of hydrogen-bond acceptors (Lipinski definition) is 3. The van der Waals surface area contributed by atoms with E-state index in [1.54, 1.807) is 0 Å². The van der Waals surface area contributed by atoms with E-state index in [2.05, 4.69) is 5.32 Å². The number of nitrogens with one attached hydrogen (secondary N) is 1. The summed E-state index contributed by atoms with van der Waals surface area (Å²) in [4.78, 5) is 27.1. The van der Waals surface area contributed by atoms with Crippen LogP contribution in [0.4, 0.5) is 0 Å². The van der Waals surface area contributed by atoms with Crippen molar-refractivity contribution in [3.05, 3.63) is 0 Å². The Hall–Kier alpha value is -1.10. The van der Waals surface area contributed by atoms with Crippen molar-refractivity contribution in [3.63, 3.8) is 0 Å². The smallest absolute Gasteiger partial charge is 0.247 e. The van der Waals surface area contributed by atoms with Gasteiger partial charge in [0.1, 0.15) is 6.04 Å². The van der Waals surface area contributed by atoms with Gasteiger partial charge in [-0.15, -0.1) is 0 Å². The molecule has 1 saturated carbocycles. The van der Waals surface area contributed by atoms with Gasteiger partial charge in [0.25, 0.3) is 0 Å². The zero-order valence-corrected chi connectivity index (χ0v) is 16.3. The fourth-order valence-electron chi connectivity index (χ4n) is 3.75. The third-order valence-corrected chi connectivity index (χ3v) is 5.54. The fraction of sp³-hybridized carbons (Fsp3) is 0.900. The summed E-state index contributed by atoms with van der Waals surface area (Å²) in [5.74, 6) is 0.401. The Morgan fingerprint density at radius 2 is 1.60 bits per heavy atom. The summed E-state index contributed by atoms with van der Waals surface area (Å²) >= 11 is 0. The SMILES string of the molecule is CC(C)C(=O)NC(C(=O)N1CCCCC1)C(C)OCC1CCCCC1. The number of rotatable bonds is 7. The zero-order valence-electron chi connectivity index (χ0n) is 16.3. The molecule has 2 aliphatic rings. The van der Waals surface area contributed by atoms with Crippen LogP contribution in [0.25, 0.3) is 0 Å². The van der Waals surface area contributed by atoms with Crippen LogP contribution in [-0.2, 0) is 14.3 Å². The predicted molar refractivity (Wildman–Crippen MR) is 99.2 cm³/mol. The minimum atomic E-state index is -0.573. The molecule has 5 heteroatoms. The molecular formula is C20H36N2O3. The van der Waals surface area contributed by atoms with E-state index in [-0.39, 0.29) is 23.8 Å². The largest absolute Gasteiger partial charge is 0.376 e. The van der Waals surface area contributed by atoms with Crippen molar-refractivity contribution in [2.75, 3.05) is 19.7 Å². The number of hydrogen-bond donors (Lipinski definition) is 1. The highest BCUT2D eigenvalue weighted by atomic mass is 16.5. The molecule has 1 heterocycles. The molecule has 2 atom stereocenters. The molecule has 0 aromatic carbocycles. The van der Waals surface area contributed by atoms with Gasteiger partial charge in [0.15, 0.2) is 0 Å². The molecule has 2 rings (SSSR count). The van der Waals surface area contributed by atoms with Gasteiger partial charge in [-0.05, 0) is 44.9 Å². The second-order valence-electron chi connectivity index (χ2n) is 8.07. The van der Waals surface area contributed by atoms with Crippen LogP contribution in [-0.4, -0.2) is 48.6 Å². The number of carbonyl (C=O) groups is 2. The van der Waals surface area contributed by atoms with Crippen LogP contribution < -0.4 is 5.32 Å². The van der Waals surface area contributed by atoms with E-state index < -0.39 is 6.04 Å². The zero-order chi connectivity index (χ0) is 18.2. The van der Waals surface area contributed by atoms with Crippen LogP contribution in [0.1, 0.15) is 72.1 Å². The summed E-state index contributed by atoms with van der Waals surface area (Å²) < 4.78 is 6.07. The van der Waals surface area contributed by atoms with E-state index >= 15 is 0 Å². The Bertz CT molecular complexity index is 427. The second kappa shape index (κ2) is 10.1. The number of piperidine rings is 1. The molecule has 1 aliphatic carbocycles.